The summed E-state index contributed by atoms with van der Waals surface area (Å²) in [5.41, 5.74) is 2.06. The number of carbonyl (C=O) groups excluding carboxylic acids is 2. The van der Waals surface area contributed by atoms with E-state index in [-0.39, 0.29) is 18.4 Å². The number of aryl methyl sites for hydroxylation is 1. The molecular weight excluding hydrogens is 308 g/mol. The molecule has 0 aliphatic carbocycles. The van der Waals surface area contributed by atoms with E-state index >= 15 is 0 Å². The van der Waals surface area contributed by atoms with Crippen molar-refractivity contribution < 1.29 is 9.59 Å². The van der Waals surface area contributed by atoms with Gasteiger partial charge in [0.05, 0.1) is 6.54 Å². The zero-order valence-electron chi connectivity index (χ0n) is 11.2. The molecule has 5 heteroatoms. The Morgan fingerprint density at radius 3 is 2.63 bits per heavy atom. The molecule has 1 aromatic rings. The lowest BCUT2D eigenvalue weighted by atomic mass is 10.1. The van der Waals surface area contributed by atoms with E-state index in [9.17, 15) is 9.59 Å². The summed E-state index contributed by atoms with van der Waals surface area (Å²) in [6, 6.07) is 5.87. The first-order valence-corrected chi connectivity index (χ1v) is 6.61. The molecular formula is C14H17BrN2O2. The van der Waals surface area contributed by atoms with Gasteiger partial charge in [0.2, 0.25) is 11.8 Å². The quantitative estimate of drug-likeness (QED) is 0.861. The maximum Gasteiger partial charge on any atom is 0.244 e. The Hall–Kier alpha value is -1.62. The van der Waals surface area contributed by atoms with Crippen LogP contribution in [0, 0.1) is 6.92 Å². The predicted octanol–water partition coefficient (Wildman–Crippen LogP) is 1.98. The molecule has 0 spiro atoms. The van der Waals surface area contributed by atoms with Crippen LogP contribution in [0.1, 0.15) is 11.1 Å². The Labute approximate surface area is 121 Å². The molecule has 0 unspecified atom stereocenters. The second-order valence-electron chi connectivity index (χ2n) is 4.36. The van der Waals surface area contributed by atoms with Gasteiger partial charge in [-0.05, 0) is 30.2 Å². The zero-order chi connectivity index (χ0) is 14.4. The molecule has 19 heavy (non-hydrogen) atoms. The van der Waals surface area contributed by atoms with Crippen LogP contribution in [0.15, 0.2) is 28.7 Å². The van der Waals surface area contributed by atoms with Gasteiger partial charge < -0.3 is 10.2 Å². The number of benzene rings is 1. The van der Waals surface area contributed by atoms with Crippen molar-refractivity contribution in [2.75, 3.05) is 20.6 Å². The Balaban J connectivity index is 2.56. The molecule has 0 radical (unpaired) electrons. The van der Waals surface area contributed by atoms with E-state index in [0.717, 1.165) is 15.6 Å². The molecule has 102 valence electrons. The number of likely N-dealkylation sites (N-methyl/N-ethyl adjacent to an activating group) is 1. The van der Waals surface area contributed by atoms with Crippen molar-refractivity contribution >= 4 is 33.8 Å². The summed E-state index contributed by atoms with van der Waals surface area (Å²) in [6.45, 7) is 2.00. The molecule has 0 heterocycles. The molecule has 1 aromatic carbocycles. The fraction of sp³-hybridized carbons (Fsp3) is 0.286. The highest BCUT2D eigenvalue weighted by Crippen LogP contribution is 2.19. The first-order valence-electron chi connectivity index (χ1n) is 5.82. The summed E-state index contributed by atoms with van der Waals surface area (Å²) < 4.78 is 0.931. The van der Waals surface area contributed by atoms with Gasteiger partial charge in [-0.2, -0.15) is 0 Å². The normalized spacial score (nSPS) is 10.5. The third-order valence-electron chi connectivity index (χ3n) is 2.48. The minimum atomic E-state index is -0.289. The third-order valence-corrected chi connectivity index (χ3v) is 3.17. The fourth-order valence-electron chi connectivity index (χ4n) is 1.31. The van der Waals surface area contributed by atoms with E-state index in [0.29, 0.717) is 0 Å². The first-order chi connectivity index (χ1) is 8.90. The SMILES string of the molecule is Cc1ccc(/C=C/C(=O)NCC(=O)N(C)C)c(Br)c1. The van der Waals surface area contributed by atoms with Gasteiger partial charge in [0.25, 0.3) is 0 Å². The lowest BCUT2D eigenvalue weighted by molar-refractivity contribution is -0.129. The van der Waals surface area contributed by atoms with Crippen LogP contribution in [-0.2, 0) is 9.59 Å². The van der Waals surface area contributed by atoms with Crippen molar-refractivity contribution in [1.82, 2.24) is 10.2 Å². The van der Waals surface area contributed by atoms with Crippen LogP contribution >= 0.6 is 15.9 Å². The van der Waals surface area contributed by atoms with Crippen LogP contribution in [0.4, 0.5) is 0 Å². The van der Waals surface area contributed by atoms with Gasteiger partial charge in [0, 0.05) is 24.6 Å². The number of hydrogen-bond donors (Lipinski definition) is 1. The average molecular weight is 325 g/mol. The van der Waals surface area contributed by atoms with Crippen molar-refractivity contribution in [1.29, 1.82) is 0 Å². The van der Waals surface area contributed by atoms with Gasteiger partial charge in [0.15, 0.2) is 0 Å². The van der Waals surface area contributed by atoms with Crippen molar-refractivity contribution in [3.05, 3.63) is 39.9 Å². The number of amides is 2. The van der Waals surface area contributed by atoms with Gasteiger partial charge in [-0.3, -0.25) is 9.59 Å². The number of hydrogen-bond acceptors (Lipinski definition) is 2. The Morgan fingerprint density at radius 1 is 1.37 bits per heavy atom. The standard InChI is InChI=1S/C14H17BrN2O2/c1-10-4-5-11(12(15)8-10)6-7-13(18)16-9-14(19)17(2)3/h4-8H,9H2,1-3H3,(H,16,18)/b7-6+. The largest absolute Gasteiger partial charge is 0.347 e. The molecule has 0 saturated heterocycles. The molecule has 0 atom stereocenters. The monoisotopic (exact) mass is 324 g/mol. The summed E-state index contributed by atoms with van der Waals surface area (Å²) in [6.07, 6.45) is 3.12. The maximum absolute atomic E-state index is 11.5. The second kappa shape index (κ2) is 7.09. The third kappa shape index (κ3) is 5.26. The van der Waals surface area contributed by atoms with E-state index in [4.69, 9.17) is 0 Å². The van der Waals surface area contributed by atoms with Gasteiger partial charge >= 0.3 is 0 Å². The van der Waals surface area contributed by atoms with Crippen LogP contribution in [0.25, 0.3) is 6.08 Å². The molecule has 0 fully saturated rings. The second-order valence-corrected chi connectivity index (χ2v) is 5.22. The van der Waals surface area contributed by atoms with Crippen LogP contribution in [0.5, 0.6) is 0 Å². The summed E-state index contributed by atoms with van der Waals surface area (Å²) >= 11 is 3.43. The lowest BCUT2D eigenvalue weighted by Gasteiger charge is -2.09. The Morgan fingerprint density at radius 2 is 2.05 bits per heavy atom. The molecule has 0 aliphatic heterocycles. The minimum Gasteiger partial charge on any atom is -0.347 e. The summed E-state index contributed by atoms with van der Waals surface area (Å²) in [7, 11) is 3.29. The van der Waals surface area contributed by atoms with E-state index in [1.165, 1.54) is 11.0 Å². The highest BCUT2D eigenvalue weighted by molar-refractivity contribution is 9.10. The smallest absolute Gasteiger partial charge is 0.244 e. The summed E-state index contributed by atoms with van der Waals surface area (Å²) in [5.74, 6) is -0.430. The average Bonchev–Trinajstić information content (AvgIpc) is 2.34. The number of rotatable bonds is 4. The highest BCUT2D eigenvalue weighted by atomic mass is 79.9. The van der Waals surface area contributed by atoms with Crippen molar-refractivity contribution in [3.8, 4) is 0 Å². The minimum absolute atomic E-state index is 0.00520. The summed E-state index contributed by atoms with van der Waals surface area (Å²) in [5, 5.41) is 2.53. The number of nitrogens with one attached hydrogen (secondary N) is 1. The molecule has 2 amide bonds. The Kier molecular flexibility index (Phi) is 5.76. The van der Waals surface area contributed by atoms with Crippen LogP contribution in [-0.4, -0.2) is 37.4 Å². The van der Waals surface area contributed by atoms with Crippen molar-refractivity contribution in [2.24, 2.45) is 0 Å². The number of nitrogens with zero attached hydrogens (tertiary/aromatic N) is 1. The first kappa shape index (κ1) is 15.4. The van der Waals surface area contributed by atoms with Gasteiger partial charge in [-0.1, -0.05) is 28.1 Å². The van der Waals surface area contributed by atoms with Gasteiger partial charge in [-0.15, -0.1) is 0 Å². The number of halogens is 1. The zero-order valence-corrected chi connectivity index (χ0v) is 12.8. The maximum atomic E-state index is 11.5. The van der Waals surface area contributed by atoms with Crippen LogP contribution < -0.4 is 5.32 Å². The fourth-order valence-corrected chi connectivity index (χ4v) is 1.94. The van der Waals surface area contributed by atoms with Crippen molar-refractivity contribution in [2.45, 2.75) is 6.92 Å². The highest BCUT2D eigenvalue weighted by Gasteiger charge is 2.04. The molecule has 4 nitrogen and oxygen atoms in total. The lowest BCUT2D eigenvalue weighted by Crippen LogP contribution is -2.35. The van der Waals surface area contributed by atoms with Gasteiger partial charge in [0.1, 0.15) is 0 Å². The van der Waals surface area contributed by atoms with E-state index in [1.807, 2.05) is 25.1 Å². The molecule has 0 bridgehead atoms. The Bertz CT molecular complexity index is 510. The van der Waals surface area contributed by atoms with E-state index in [1.54, 1.807) is 20.2 Å². The van der Waals surface area contributed by atoms with E-state index < -0.39 is 0 Å². The summed E-state index contributed by atoms with van der Waals surface area (Å²) in [4.78, 5) is 24.3. The van der Waals surface area contributed by atoms with Crippen molar-refractivity contribution in [3.63, 3.8) is 0 Å². The van der Waals surface area contributed by atoms with Crippen LogP contribution in [0.3, 0.4) is 0 Å². The predicted molar refractivity (Wildman–Crippen MR) is 79.6 cm³/mol. The molecule has 0 aromatic heterocycles. The van der Waals surface area contributed by atoms with Crippen LogP contribution in [0.2, 0.25) is 0 Å². The molecule has 1 N–H and O–H groups in total. The molecule has 1 rings (SSSR count). The van der Waals surface area contributed by atoms with Gasteiger partial charge in [-0.25, -0.2) is 0 Å². The van der Waals surface area contributed by atoms with E-state index in [2.05, 4.69) is 21.2 Å². The molecule has 0 aliphatic rings. The molecule has 0 saturated carbocycles. The number of carbonyl (C=O) groups is 2. The topological polar surface area (TPSA) is 49.4 Å².